The molecule has 2 aromatic rings. The number of anilines is 1. The molecule has 1 aromatic heterocycles. The molecule has 2 N–H and O–H groups in total. The third-order valence-corrected chi connectivity index (χ3v) is 5.28. The van der Waals surface area contributed by atoms with Crippen LogP contribution in [0.3, 0.4) is 0 Å². The van der Waals surface area contributed by atoms with Crippen LogP contribution in [0, 0.1) is 6.92 Å². The Morgan fingerprint density at radius 2 is 2.09 bits per heavy atom. The maximum atomic E-state index is 12.4. The normalized spacial score (nSPS) is 11.3. The van der Waals surface area contributed by atoms with Gasteiger partial charge in [-0.3, -0.25) is 4.72 Å². The highest BCUT2D eigenvalue weighted by Gasteiger charge is 2.24. The van der Waals surface area contributed by atoms with Gasteiger partial charge in [0.15, 0.2) is 5.03 Å². The summed E-state index contributed by atoms with van der Waals surface area (Å²) < 4.78 is 27.5. The van der Waals surface area contributed by atoms with Crippen molar-refractivity contribution in [2.75, 3.05) is 4.72 Å². The first kappa shape index (κ1) is 17.4. The van der Waals surface area contributed by atoms with Gasteiger partial charge in [0, 0.05) is 10.7 Å². The molecule has 0 radical (unpaired) electrons. The molecule has 1 heterocycles. The first-order valence-corrected chi connectivity index (χ1v) is 9.04. The number of hydrogen-bond acceptors (Lipinski definition) is 4. The SMILES string of the molecule is CCc1cc(Br)c(NS(=O)(=O)c2ccccn2)c(C(=O)O)c1C. The van der Waals surface area contributed by atoms with Crippen molar-refractivity contribution in [1.82, 2.24) is 4.98 Å². The Hall–Kier alpha value is -1.93. The van der Waals surface area contributed by atoms with Crippen LogP contribution in [0.15, 0.2) is 40.0 Å². The van der Waals surface area contributed by atoms with Crippen LogP contribution in [0.25, 0.3) is 0 Å². The molecule has 0 atom stereocenters. The van der Waals surface area contributed by atoms with Crippen molar-refractivity contribution in [2.45, 2.75) is 25.3 Å². The first-order chi connectivity index (χ1) is 10.8. The van der Waals surface area contributed by atoms with Crippen LogP contribution >= 0.6 is 15.9 Å². The number of carbonyl (C=O) groups is 1. The quantitative estimate of drug-likeness (QED) is 0.805. The molecule has 6 nitrogen and oxygen atoms in total. The first-order valence-electron chi connectivity index (χ1n) is 6.77. The number of aromatic carboxylic acids is 1. The number of pyridine rings is 1. The predicted octanol–water partition coefficient (Wildman–Crippen LogP) is 3.21. The second kappa shape index (κ2) is 6.67. The van der Waals surface area contributed by atoms with Gasteiger partial charge in [-0.25, -0.2) is 9.78 Å². The highest BCUT2D eigenvalue weighted by atomic mass is 79.9. The van der Waals surface area contributed by atoms with Crippen LogP contribution in [0.2, 0.25) is 0 Å². The Morgan fingerprint density at radius 1 is 1.39 bits per heavy atom. The molecule has 0 amide bonds. The molecule has 122 valence electrons. The molecule has 8 heteroatoms. The zero-order chi connectivity index (χ0) is 17.2. The summed E-state index contributed by atoms with van der Waals surface area (Å²) in [6.07, 6.45) is 1.99. The molecule has 0 saturated carbocycles. The maximum Gasteiger partial charge on any atom is 0.338 e. The van der Waals surface area contributed by atoms with Gasteiger partial charge in [0.2, 0.25) is 0 Å². The van der Waals surface area contributed by atoms with Gasteiger partial charge in [-0.05, 0) is 58.6 Å². The molecular formula is C15H15BrN2O4S. The number of rotatable bonds is 5. The van der Waals surface area contributed by atoms with E-state index in [0.29, 0.717) is 16.5 Å². The van der Waals surface area contributed by atoms with Crippen molar-refractivity contribution in [3.8, 4) is 0 Å². The Kier molecular flexibility index (Phi) is 5.06. The van der Waals surface area contributed by atoms with Crippen LogP contribution in [0.4, 0.5) is 5.69 Å². The lowest BCUT2D eigenvalue weighted by molar-refractivity contribution is 0.0697. The number of benzene rings is 1. The van der Waals surface area contributed by atoms with Gasteiger partial charge in [-0.1, -0.05) is 13.0 Å². The van der Waals surface area contributed by atoms with E-state index in [1.165, 1.54) is 12.3 Å². The summed E-state index contributed by atoms with van der Waals surface area (Å²) in [6.45, 7) is 3.56. The van der Waals surface area contributed by atoms with Crippen molar-refractivity contribution in [1.29, 1.82) is 0 Å². The molecule has 0 aliphatic heterocycles. The fourth-order valence-electron chi connectivity index (χ4n) is 2.23. The average Bonchev–Trinajstić information content (AvgIpc) is 2.51. The van der Waals surface area contributed by atoms with Crippen molar-refractivity contribution in [3.05, 3.63) is 51.6 Å². The van der Waals surface area contributed by atoms with Crippen LogP contribution < -0.4 is 4.72 Å². The smallest absolute Gasteiger partial charge is 0.338 e. The van der Waals surface area contributed by atoms with Crippen molar-refractivity contribution in [3.63, 3.8) is 0 Å². The van der Waals surface area contributed by atoms with E-state index < -0.39 is 16.0 Å². The summed E-state index contributed by atoms with van der Waals surface area (Å²) >= 11 is 3.26. The lowest BCUT2D eigenvalue weighted by atomic mass is 9.99. The Labute approximate surface area is 142 Å². The van der Waals surface area contributed by atoms with E-state index in [4.69, 9.17) is 0 Å². The number of aryl methyl sites for hydroxylation is 1. The number of nitrogens with zero attached hydrogens (tertiary/aromatic N) is 1. The summed E-state index contributed by atoms with van der Waals surface area (Å²) in [7, 11) is -3.98. The number of halogens is 1. The minimum Gasteiger partial charge on any atom is -0.478 e. The van der Waals surface area contributed by atoms with Gasteiger partial charge in [0.1, 0.15) is 0 Å². The zero-order valence-electron chi connectivity index (χ0n) is 12.5. The summed E-state index contributed by atoms with van der Waals surface area (Å²) in [5.41, 5.74) is 1.28. The third kappa shape index (κ3) is 3.53. The van der Waals surface area contributed by atoms with Crippen molar-refractivity contribution < 1.29 is 18.3 Å². The summed E-state index contributed by atoms with van der Waals surface area (Å²) in [5.74, 6) is -1.20. The van der Waals surface area contributed by atoms with Crippen molar-refractivity contribution >= 4 is 37.6 Å². The number of aromatic nitrogens is 1. The third-order valence-electron chi connectivity index (χ3n) is 3.39. The molecular weight excluding hydrogens is 384 g/mol. The molecule has 0 fully saturated rings. The zero-order valence-corrected chi connectivity index (χ0v) is 14.9. The molecule has 2 rings (SSSR count). The standard InChI is InChI=1S/C15H15BrN2O4S/c1-3-10-8-11(16)14(13(9(10)2)15(19)20)18-23(21,22)12-6-4-5-7-17-12/h4-8,18H,3H2,1-2H3,(H,19,20). The minimum absolute atomic E-state index is 0.00199. The van der Waals surface area contributed by atoms with E-state index in [1.807, 2.05) is 6.92 Å². The molecule has 0 aliphatic carbocycles. The van der Waals surface area contributed by atoms with E-state index in [-0.39, 0.29) is 16.3 Å². The fourth-order valence-corrected chi connectivity index (χ4v) is 3.98. The highest BCUT2D eigenvalue weighted by Crippen LogP contribution is 2.33. The highest BCUT2D eigenvalue weighted by molar-refractivity contribution is 9.10. The lowest BCUT2D eigenvalue weighted by Gasteiger charge is -2.16. The Balaban J connectivity index is 2.61. The predicted molar refractivity (Wildman–Crippen MR) is 90.3 cm³/mol. The van der Waals surface area contributed by atoms with E-state index >= 15 is 0 Å². The molecule has 0 bridgehead atoms. The monoisotopic (exact) mass is 398 g/mol. The maximum absolute atomic E-state index is 12.4. The molecule has 0 aliphatic rings. The fraction of sp³-hybridized carbons (Fsp3) is 0.200. The number of sulfonamides is 1. The summed E-state index contributed by atoms with van der Waals surface area (Å²) in [6, 6.07) is 6.19. The topological polar surface area (TPSA) is 96.4 Å². The van der Waals surface area contributed by atoms with Crippen molar-refractivity contribution in [2.24, 2.45) is 0 Å². The molecule has 23 heavy (non-hydrogen) atoms. The van der Waals surface area contributed by atoms with Gasteiger partial charge in [-0.15, -0.1) is 0 Å². The largest absolute Gasteiger partial charge is 0.478 e. The minimum atomic E-state index is -3.98. The number of carboxylic acids is 1. The summed E-state index contributed by atoms with van der Waals surface area (Å²) in [4.78, 5) is 15.4. The Morgan fingerprint density at radius 3 is 2.61 bits per heavy atom. The second-order valence-electron chi connectivity index (χ2n) is 4.82. The van der Waals surface area contributed by atoms with E-state index in [0.717, 1.165) is 5.56 Å². The average molecular weight is 399 g/mol. The van der Waals surface area contributed by atoms with Gasteiger partial charge in [0.05, 0.1) is 11.3 Å². The van der Waals surface area contributed by atoms with Crippen LogP contribution in [-0.4, -0.2) is 24.5 Å². The summed E-state index contributed by atoms with van der Waals surface area (Å²) in [5, 5.41) is 9.31. The van der Waals surface area contributed by atoms with Crippen LogP contribution in [-0.2, 0) is 16.4 Å². The molecule has 0 saturated heterocycles. The van der Waals surface area contributed by atoms with Gasteiger partial charge < -0.3 is 5.11 Å². The molecule has 0 spiro atoms. The molecule has 1 aromatic carbocycles. The number of nitrogens with one attached hydrogen (secondary N) is 1. The van der Waals surface area contributed by atoms with Crippen LogP contribution in [0.1, 0.15) is 28.4 Å². The van der Waals surface area contributed by atoms with E-state index in [9.17, 15) is 18.3 Å². The molecule has 0 unspecified atom stereocenters. The second-order valence-corrected chi connectivity index (χ2v) is 7.31. The number of carboxylic acid groups (broad SMARTS) is 1. The van der Waals surface area contributed by atoms with E-state index in [1.54, 1.807) is 25.1 Å². The lowest BCUT2D eigenvalue weighted by Crippen LogP contribution is -2.18. The van der Waals surface area contributed by atoms with Gasteiger partial charge >= 0.3 is 5.97 Å². The number of hydrogen-bond donors (Lipinski definition) is 2. The van der Waals surface area contributed by atoms with Crippen LogP contribution in [0.5, 0.6) is 0 Å². The van der Waals surface area contributed by atoms with Gasteiger partial charge in [-0.2, -0.15) is 8.42 Å². The van der Waals surface area contributed by atoms with Gasteiger partial charge in [0.25, 0.3) is 10.0 Å². The Bertz CT molecular complexity index is 852. The van der Waals surface area contributed by atoms with E-state index in [2.05, 4.69) is 25.6 Å².